The quantitative estimate of drug-likeness (QED) is 0.621. The predicted molar refractivity (Wildman–Crippen MR) is 93.4 cm³/mol. The molecule has 2 aromatic rings. The summed E-state index contributed by atoms with van der Waals surface area (Å²) < 4.78 is 22.2. The van der Waals surface area contributed by atoms with Crippen LogP contribution in [-0.4, -0.2) is 30.5 Å². The number of sulfone groups is 1. The maximum absolute atomic E-state index is 11.9. The first-order valence-electron chi connectivity index (χ1n) is 7.56. The van der Waals surface area contributed by atoms with Gasteiger partial charge in [-0.2, -0.15) is 0 Å². The fraction of sp³-hybridized carbons (Fsp3) is 0.278. The highest BCUT2D eigenvalue weighted by molar-refractivity contribution is 7.92. The summed E-state index contributed by atoms with van der Waals surface area (Å²) in [6.45, 7) is 1.33. The Morgan fingerprint density at radius 2 is 1.58 bits per heavy atom. The number of hydrogen-bond donors (Lipinski definition) is 2. The van der Waals surface area contributed by atoms with Crippen LogP contribution in [0.2, 0.25) is 0 Å². The van der Waals surface area contributed by atoms with Crippen LogP contribution in [-0.2, 0) is 21.1 Å². The standard InChI is InChI=1S/C18H21NO4S/c1-18(17(20)19-21,24(2,22)23)13-12-14-8-10-16(11-9-14)15-6-4-3-5-7-15/h3-11,21H,12-13H2,1-2H3,(H,19,20). The van der Waals surface area contributed by atoms with Crippen LogP contribution in [0.1, 0.15) is 18.9 Å². The molecule has 0 saturated carbocycles. The second-order valence-corrected chi connectivity index (χ2v) is 8.45. The van der Waals surface area contributed by atoms with Crippen molar-refractivity contribution in [3.05, 3.63) is 60.2 Å². The summed E-state index contributed by atoms with van der Waals surface area (Å²) in [5.41, 5.74) is 4.56. The number of amides is 1. The van der Waals surface area contributed by atoms with Crippen molar-refractivity contribution in [1.29, 1.82) is 0 Å². The van der Waals surface area contributed by atoms with Gasteiger partial charge in [0.2, 0.25) is 0 Å². The summed E-state index contributed by atoms with van der Waals surface area (Å²) in [5.74, 6) is -0.911. The molecule has 0 aromatic heterocycles. The van der Waals surface area contributed by atoms with E-state index in [2.05, 4.69) is 0 Å². The maximum Gasteiger partial charge on any atom is 0.264 e. The Hall–Kier alpha value is -2.18. The van der Waals surface area contributed by atoms with Crippen LogP contribution in [0.4, 0.5) is 0 Å². The van der Waals surface area contributed by atoms with Crippen molar-refractivity contribution in [1.82, 2.24) is 5.48 Å². The van der Waals surface area contributed by atoms with E-state index in [4.69, 9.17) is 5.21 Å². The van der Waals surface area contributed by atoms with E-state index in [0.29, 0.717) is 6.42 Å². The molecule has 24 heavy (non-hydrogen) atoms. The third-order valence-electron chi connectivity index (χ3n) is 4.35. The Balaban J connectivity index is 2.15. The van der Waals surface area contributed by atoms with Gasteiger partial charge in [-0.1, -0.05) is 54.6 Å². The zero-order chi connectivity index (χ0) is 17.8. The van der Waals surface area contributed by atoms with Crippen LogP contribution in [0.5, 0.6) is 0 Å². The van der Waals surface area contributed by atoms with E-state index in [9.17, 15) is 13.2 Å². The lowest BCUT2D eigenvalue weighted by Gasteiger charge is -2.25. The highest BCUT2D eigenvalue weighted by Crippen LogP contribution is 2.25. The number of aryl methyl sites for hydroxylation is 1. The molecule has 0 aliphatic rings. The monoisotopic (exact) mass is 347 g/mol. The van der Waals surface area contributed by atoms with Crippen LogP contribution >= 0.6 is 0 Å². The Labute approximate surface area is 142 Å². The molecule has 6 heteroatoms. The van der Waals surface area contributed by atoms with Gasteiger partial charge in [0.25, 0.3) is 5.91 Å². The zero-order valence-corrected chi connectivity index (χ0v) is 14.5. The number of carbonyl (C=O) groups is 1. The van der Waals surface area contributed by atoms with Gasteiger partial charge in [-0.05, 0) is 36.5 Å². The summed E-state index contributed by atoms with van der Waals surface area (Å²) in [4.78, 5) is 11.8. The average Bonchev–Trinajstić information content (AvgIpc) is 2.59. The molecule has 2 N–H and O–H groups in total. The van der Waals surface area contributed by atoms with Gasteiger partial charge in [0.1, 0.15) is 4.75 Å². The lowest BCUT2D eigenvalue weighted by Crippen LogP contribution is -2.49. The van der Waals surface area contributed by atoms with Gasteiger partial charge < -0.3 is 0 Å². The predicted octanol–water partition coefficient (Wildman–Crippen LogP) is 2.59. The molecule has 0 heterocycles. The van der Waals surface area contributed by atoms with Gasteiger partial charge in [0.05, 0.1) is 0 Å². The lowest BCUT2D eigenvalue weighted by molar-refractivity contribution is -0.131. The largest absolute Gasteiger partial charge is 0.289 e. The van der Waals surface area contributed by atoms with E-state index >= 15 is 0 Å². The lowest BCUT2D eigenvalue weighted by atomic mass is 9.97. The van der Waals surface area contributed by atoms with Crippen molar-refractivity contribution >= 4 is 15.7 Å². The summed E-state index contributed by atoms with van der Waals surface area (Å²) >= 11 is 0. The van der Waals surface area contributed by atoms with Crippen molar-refractivity contribution in [3.8, 4) is 11.1 Å². The Morgan fingerprint density at radius 3 is 2.08 bits per heavy atom. The molecular formula is C18H21NO4S. The molecule has 0 bridgehead atoms. The number of carbonyl (C=O) groups excluding carboxylic acids is 1. The van der Waals surface area contributed by atoms with E-state index in [1.165, 1.54) is 12.4 Å². The highest BCUT2D eigenvalue weighted by atomic mass is 32.2. The van der Waals surface area contributed by atoms with Gasteiger partial charge in [-0.25, -0.2) is 13.9 Å². The molecule has 1 amide bonds. The maximum atomic E-state index is 11.9. The summed E-state index contributed by atoms with van der Waals surface area (Å²) in [6.07, 6.45) is 1.50. The topological polar surface area (TPSA) is 83.5 Å². The molecule has 2 aromatic carbocycles. The van der Waals surface area contributed by atoms with Crippen molar-refractivity contribution in [2.45, 2.75) is 24.5 Å². The SMILES string of the molecule is CC(CCc1ccc(-c2ccccc2)cc1)(C(=O)NO)S(C)(=O)=O. The van der Waals surface area contributed by atoms with E-state index < -0.39 is 20.5 Å². The first kappa shape index (κ1) is 18.2. The highest BCUT2D eigenvalue weighted by Gasteiger charge is 2.43. The normalized spacial score (nSPS) is 14.0. The second kappa shape index (κ2) is 7.15. The molecule has 0 aliphatic heterocycles. The molecule has 2 rings (SSSR count). The van der Waals surface area contributed by atoms with E-state index in [0.717, 1.165) is 22.9 Å². The summed E-state index contributed by atoms with van der Waals surface area (Å²) in [6, 6.07) is 17.7. The zero-order valence-electron chi connectivity index (χ0n) is 13.7. The third-order valence-corrected chi connectivity index (χ3v) is 6.38. The van der Waals surface area contributed by atoms with E-state index in [-0.39, 0.29) is 6.42 Å². The smallest absolute Gasteiger partial charge is 0.264 e. The molecular weight excluding hydrogens is 326 g/mol. The first-order chi connectivity index (χ1) is 11.3. The molecule has 128 valence electrons. The fourth-order valence-electron chi connectivity index (χ4n) is 2.46. The third kappa shape index (κ3) is 3.83. The number of hydrogen-bond acceptors (Lipinski definition) is 4. The minimum atomic E-state index is -3.67. The fourth-order valence-corrected chi connectivity index (χ4v) is 3.32. The van der Waals surface area contributed by atoms with E-state index in [1.54, 1.807) is 0 Å². The van der Waals surface area contributed by atoms with Gasteiger partial charge in [0.15, 0.2) is 9.84 Å². The number of benzene rings is 2. The minimum Gasteiger partial charge on any atom is -0.289 e. The number of hydroxylamine groups is 1. The van der Waals surface area contributed by atoms with Crippen molar-refractivity contribution < 1.29 is 18.4 Å². The van der Waals surface area contributed by atoms with Crippen LogP contribution in [0.3, 0.4) is 0 Å². The van der Waals surface area contributed by atoms with Crippen molar-refractivity contribution in [3.63, 3.8) is 0 Å². The van der Waals surface area contributed by atoms with Gasteiger partial charge in [-0.15, -0.1) is 0 Å². The first-order valence-corrected chi connectivity index (χ1v) is 9.45. The second-order valence-electron chi connectivity index (χ2n) is 6.01. The van der Waals surface area contributed by atoms with Crippen LogP contribution < -0.4 is 5.48 Å². The Bertz CT molecular complexity index is 801. The summed E-state index contributed by atoms with van der Waals surface area (Å²) in [7, 11) is -3.67. The van der Waals surface area contributed by atoms with Crippen LogP contribution in [0, 0.1) is 0 Å². The van der Waals surface area contributed by atoms with Gasteiger partial charge >= 0.3 is 0 Å². The van der Waals surface area contributed by atoms with Gasteiger partial charge in [0, 0.05) is 6.26 Å². The van der Waals surface area contributed by atoms with Crippen LogP contribution in [0.15, 0.2) is 54.6 Å². The molecule has 0 fully saturated rings. The Kier molecular flexibility index (Phi) is 5.41. The van der Waals surface area contributed by atoms with Gasteiger partial charge in [-0.3, -0.25) is 10.0 Å². The Morgan fingerprint density at radius 1 is 1.04 bits per heavy atom. The summed E-state index contributed by atoms with van der Waals surface area (Å²) in [5, 5.41) is 8.83. The van der Waals surface area contributed by atoms with Crippen molar-refractivity contribution in [2.75, 3.05) is 6.26 Å². The van der Waals surface area contributed by atoms with E-state index in [1.807, 2.05) is 54.6 Å². The molecule has 0 radical (unpaired) electrons. The minimum absolute atomic E-state index is 0.0862. The number of nitrogens with one attached hydrogen (secondary N) is 1. The molecule has 0 aliphatic carbocycles. The molecule has 1 unspecified atom stereocenters. The molecule has 0 saturated heterocycles. The average molecular weight is 347 g/mol. The molecule has 5 nitrogen and oxygen atoms in total. The van der Waals surface area contributed by atoms with Crippen molar-refractivity contribution in [2.24, 2.45) is 0 Å². The number of rotatable bonds is 6. The van der Waals surface area contributed by atoms with Crippen LogP contribution in [0.25, 0.3) is 11.1 Å². The molecule has 1 atom stereocenters. The molecule has 0 spiro atoms.